The number of rotatable bonds is 3. The molecule has 0 amide bonds. The summed E-state index contributed by atoms with van der Waals surface area (Å²) in [6.45, 7) is 0. The molecule has 3 rings (SSSR count). The summed E-state index contributed by atoms with van der Waals surface area (Å²) in [6, 6.07) is 8.52. The second-order valence-electron chi connectivity index (χ2n) is 4.61. The van der Waals surface area contributed by atoms with E-state index in [0.29, 0.717) is 16.5 Å². The Balaban J connectivity index is 2.16. The number of aromatic carboxylic acids is 1. The molecular weight excluding hydrogens is 280 g/mol. The largest absolute Gasteiger partial charge is 0.505 e. The Morgan fingerprint density at radius 2 is 1.95 bits per heavy atom. The molecule has 2 N–H and O–H groups in total. The van der Waals surface area contributed by atoms with Gasteiger partial charge >= 0.3 is 5.97 Å². The number of phenols is 1. The predicted molar refractivity (Wildman–Crippen MR) is 82.1 cm³/mol. The van der Waals surface area contributed by atoms with Crippen molar-refractivity contribution in [3.05, 3.63) is 72.0 Å². The van der Waals surface area contributed by atoms with Crippen LogP contribution in [-0.4, -0.2) is 16.2 Å². The number of nitrogens with zero attached hydrogens (tertiary/aromatic N) is 2. The Morgan fingerprint density at radius 3 is 2.68 bits per heavy atom. The SMILES string of the molecule is O=C(O)c1cc2ccccc2c(N=NC2=CC=C=C[CH]2)c1O. The van der Waals surface area contributed by atoms with Crippen LogP contribution in [0.15, 0.2) is 70.2 Å². The third-order valence-corrected chi connectivity index (χ3v) is 3.19. The van der Waals surface area contributed by atoms with Gasteiger partial charge in [0.05, 0.1) is 5.70 Å². The molecule has 2 aromatic rings. The molecule has 0 aromatic heterocycles. The van der Waals surface area contributed by atoms with Crippen molar-refractivity contribution >= 4 is 22.4 Å². The van der Waals surface area contributed by atoms with Crippen LogP contribution in [0.4, 0.5) is 5.69 Å². The van der Waals surface area contributed by atoms with Crippen molar-refractivity contribution in [3.8, 4) is 5.75 Å². The number of carboxylic acids is 1. The van der Waals surface area contributed by atoms with Crippen molar-refractivity contribution in [3.63, 3.8) is 0 Å². The summed E-state index contributed by atoms with van der Waals surface area (Å²) in [6.07, 6.45) is 6.81. The summed E-state index contributed by atoms with van der Waals surface area (Å²) in [7, 11) is 0. The quantitative estimate of drug-likeness (QED) is 0.658. The van der Waals surface area contributed by atoms with Crippen LogP contribution < -0.4 is 0 Å². The van der Waals surface area contributed by atoms with E-state index in [-0.39, 0.29) is 11.3 Å². The fourth-order valence-electron chi connectivity index (χ4n) is 2.13. The number of carboxylic acid groups (broad SMARTS) is 1. The first-order valence-corrected chi connectivity index (χ1v) is 6.52. The van der Waals surface area contributed by atoms with E-state index in [1.807, 2.05) is 0 Å². The van der Waals surface area contributed by atoms with Gasteiger partial charge in [0.1, 0.15) is 11.3 Å². The molecule has 5 heteroatoms. The molecule has 0 unspecified atom stereocenters. The van der Waals surface area contributed by atoms with Crippen LogP contribution in [0.3, 0.4) is 0 Å². The molecule has 1 radical (unpaired) electrons. The molecule has 0 atom stereocenters. The van der Waals surface area contributed by atoms with E-state index in [0.717, 1.165) is 0 Å². The van der Waals surface area contributed by atoms with Gasteiger partial charge in [0, 0.05) is 11.8 Å². The molecule has 5 nitrogen and oxygen atoms in total. The lowest BCUT2D eigenvalue weighted by Crippen LogP contribution is -1.97. The highest BCUT2D eigenvalue weighted by Crippen LogP contribution is 2.38. The highest BCUT2D eigenvalue weighted by atomic mass is 16.4. The van der Waals surface area contributed by atoms with Crippen LogP contribution in [0.2, 0.25) is 0 Å². The van der Waals surface area contributed by atoms with Crippen LogP contribution in [-0.2, 0) is 0 Å². The van der Waals surface area contributed by atoms with Crippen LogP contribution in [0, 0.1) is 6.42 Å². The monoisotopic (exact) mass is 291 g/mol. The number of aromatic hydroxyl groups is 1. The van der Waals surface area contributed by atoms with Gasteiger partial charge in [-0.15, -0.1) is 10.8 Å². The van der Waals surface area contributed by atoms with Crippen molar-refractivity contribution < 1.29 is 15.0 Å². The Bertz CT molecular complexity index is 888. The summed E-state index contributed by atoms with van der Waals surface area (Å²) in [4.78, 5) is 11.3. The van der Waals surface area contributed by atoms with E-state index in [9.17, 15) is 15.0 Å². The molecule has 0 aliphatic heterocycles. The van der Waals surface area contributed by atoms with Gasteiger partial charge in [-0.1, -0.05) is 24.3 Å². The minimum Gasteiger partial charge on any atom is -0.505 e. The molecule has 0 saturated carbocycles. The maximum absolute atomic E-state index is 11.3. The second-order valence-corrected chi connectivity index (χ2v) is 4.61. The third kappa shape index (κ3) is 2.53. The molecular formula is C17H11N2O3. The van der Waals surface area contributed by atoms with Gasteiger partial charge in [-0.05, 0) is 29.7 Å². The zero-order chi connectivity index (χ0) is 15.5. The summed E-state index contributed by atoms with van der Waals surface area (Å²) in [5.41, 5.74) is 3.40. The Kier molecular flexibility index (Phi) is 3.56. The lowest BCUT2D eigenvalue weighted by molar-refractivity contribution is 0.0694. The maximum Gasteiger partial charge on any atom is 0.339 e. The molecule has 1 aliphatic carbocycles. The van der Waals surface area contributed by atoms with Gasteiger partial charge < -0.3 is 10.2 Å². The number of benzene rings is 2. The van der Waals surface area contributed by atoms with E-state index in [1.165, 1.54) is 6.07 Å². The molecule has 0 fully saturated rings. The molecule has 107 valence electrons. The lowest BCUT2D eigenvalue weighted by atomic mass is 10.0. The van der Waals surface area contributed by atoms with Crippen LogP contribution >= 0.6 is 0 Å². The number of azo groups is 1. The number of hydrogen-bond donors (Lipinski definition) is 2. The maximum atomic E-state index is 11.3. The van der Waals surface area contributed by atoms with Crippen LogP contribution in [0.1, 0.15) is 10.4 Å². The summed E-state index contributed by atoms with van der Waals surface area (Å²) >= 11 is 0. The standard InChI is InChI=1S/C17H11N2O3/c20-16-14(17(21)22)10-11-6-4-5-9-13(11)15(16)19-18-12-7-2-1-3-8-12/h2-10,20H,(H,21,22). The van der Waals surface area contributed by atoms with Crippen molar-refractivity contribution in [1.82, 2.24) is 0 Å². The zero-order valence-corrected chi connectivity index (χ0v) is 11.4. The van der Waals surface area contributed by atoms with E-state index in [2.05, 4.69) is 16.0 Å². The molecule has 0 saturated heterocycles. The highest BCUT2D eigenvalue weighted by Gasteiger charge is 2.17. The predicted octanol–water partition coefficient (Wildman–Crippen LogP) is 4.14. The highest BCUT2D eigenvalue weighted by molar-refractivity contribution is 6.04. The minimum atomic E-state index is -1.21. The number of hydrogen-bond acceptors (Lipinski definition) is 4. The molecule has 1 aliphatic rings. The minimum absolute atomic E-state index is 0.142. The summed E-state index contributed by atoms with van der Waals surface area (Å²) in [5, 5.41) is 28.8. The van der Waals surface area contributed by atoms with Crippen LogP contribution in [0.5, 0.6) is 5.75 Å². The number of fused-ring (bicyclic) bond motifs is 1. The lowest BCUT2D eigenvalue weighted by Gasteiger charge is -2.07. The first kappa shape index (κ1) is 13.8. The summed E-state index contributed by atoms with van der Waals surface area (Å²) < 4.78 is 0. The van der Waals surface area contributed by atoms with Gasteiger partial charge in [-0.2, -0.15) is 5.11 Å². The number of allylic oxidation sites excluding steroid dienone is 2. The Morgan fingerprint density at radius 1 is 1.14 bits per heavy atom. The normalized spacial score (nSPS) is 13.7. The van der Waals surface area contributed by atoms with E-state index in [1.54, 1.807) is 48.9 Å². The molecule has 0 bridgehead atoms. The fourth-order valence-corrected chi connectivity index (χ4v) is 2.13. The topological polar surface area (TPSA) is 82.2 Å². The van der Waals surface area contributed by atoms with E-state index >= 15 is 0 Å². The van der Waals surface area contributed by atoms with Gasteiger partial charge in [-0.25, -0.2) is 4.79 Å². The van der Waals surface area contributed by atoms with E-state index in [4.69, 9.17) is 0 Å². The molecule has 22 heavy (non-hydrogen) atoms. The Labute approximate surface area is 126 Å². The van der Waals surface area contributed by atoms with Crippen molar-refractivity contribution in [2.45, 2.75) is 0 Å². The van der Waals surface area contributed by atoms with Gasteiger partial charge in [-0.3, -0.25) is 0 Å². The van der Waals surface area contributed by atoms with Gasteiger partial charge in [0.2, 0.25) is 0 Å². The molecule has 0 heterocycles. The number of carbonyl (C=O) groups is 1. The zero-order valence-electron chi connectivity index (χ0n) is 11.4. The van der Waals surface area contributed by atoms with Gasteiger partial charge in [0.15, 0.2) is 5.75 Å². The average molecular weight is 291 g/mol. The smallest absolute Gasteiger partial charge is 0.339 e. The average Bonchev–Trinajstić information content (AvgIpc) is 2.54. The second kappa shape index (κ2) is 5.68. The summed E-state index contributed by atoms with van der Waals surface area (Å²) in [5.74, 6) is -1.61. The molecule has 0 spiro atoms. The van der Waals surface area contributed by atoms with Crippen molar-refractivity contribution in [2.75, 3.05) is 0 Å². The first-order chi connectivity index (χ1) is 10.7. The van der Waals surface area contributed by atoms with E-state index < -0.39 is 11.7 Å². The Hall–Kier alpha value is -3.17. The fraction of sp³-hybridized carbons (Fsp3) is 0. The van der Waals surface area contributed by atoms with Crippen molar-refractivity contribution in [2.24, 2.45) is 10.2 Å². The third-order valence-electron chi connectivity index (χ3n) is 3.19. The van der Waals surface area contributed by atoms with Crippen LogP contribution in [0.25, 0.3) is 10.8 Å². The van der Waals surface area contributed by atoms with Crippen molar-refractivity contribution in [1.29, 1.82) is 0 Å². The van der Waals surface area contributed by atoms with Gasteiger partial charge in [0.25, 0.3) is 0 Å². The first-order valence-electron chi connectivity index (χ1n) is 6.52. The molecule has 2 aromatic carbocycles.